The Labute approximate surface area is 128 Å². The molecule has 2 aliphatic heterocycles. The number of hydrogen-bond donors (Lipinski definition) is 2. The molecule has 2 heterocycles. The summed E-state index contributed by atoms with van der Waals surface area (Å²) in [5, 5.41) is 5.28. The number of anilines is 2. The molecule has 1 aromatic rings. The normalized spacial score (nSPS) is 22.4. The van der Waals surface area contributed by atoms with Gasteiger partial charge in [-0.3, -0.25) is 14.9 Å². The Morgan fingerprint density at radius 3 is 2.64 bits per heavy atom. The van der Waals surface area contributed by atoms with Gasteiger partial charge in [-0.05, 0) is 43.9 Å². The number of carbonyl (C=O) groups is 2. The molecular weight excluding hydrogens is 285 g/mol. The van der Waals surface area contributed by atoms with Gasteiger partial charge in [-0.25, -0.2) is 4.39 Å². The third kappa shape index (κ3) is 3.21. The van der Waals surface area contributed by atoms with Crippen LogP contribution < -0.4 is 15.5 Å². The fourth-order valence-electron chi connectivity index (χ4n) is 3.02. The van der Waals surface area contributed by atoms with E-state index in [2.05, 4.69) is 15.5 Å². The molecule has 1 atom stereocenters. The minimum absolute atomic E-state index is 0.255. The molecule has 0 bridgehead atoms. The van der Waals surface area contributed by atoms with Gasteiger partial charge in [-0.15, -0.1) is 0 Å². The first-order chi connectivity index (χ1) is 10.6. The zero-order chi connectivity index (χ0) is 15.5. The molecule has 1 unspecified atom stereocenters. The first-order valence-corrected chi connectivity index (χ1v) is 7.78. The van der Waals surface area contributed by atoms with E-state index in [9.17, 15) is 14.0 Å². The number of rotatable bonds is 3. The van der Waals surface area contributed by atoms with E-state index in [4.69, 9.17) is 0 Å². The number of hydrogen-bond acceptors (Lipinski definition) is 4. The van der Waals surface area contributed by atoms with Crippen molar-refractivity contribution < 1.29 is 14.0 Å². The van der Waals surface area contributed by atoms with Crippen LogP contribution in [-0.4, -0.2) is 30.9 Å². The second kappa shape index (κ2) is 6.34. The fraction of sp³-hybridized carbons (Fsp3) is 0.500. The summed E-state index contributed by atoms with van der Waals surface area (Å²) in [5.74, 6) is -0.884. The van der Waals surface area contributed by atoms with E-state index in [1.54, 1.807) is 12.1 Å². The van der Waals surface area contributed by atoms with Gasteiger partial charge in [0.25, 0.3) is 0 Å². The summed E-state index contributed by atoms with van der Waals surface area (Å²) in [7, 11) is 0. The summed E-state index contributed by atoms with van der Waals surface area (Å²) >= 11 is 0. The summed E-state index contributed by atoms with van der Waals surface area (Å²) < 4.78 is 14.3. The van der Waals surface area contributed by atoms with Crippen molar-refractivity contribution in [1.82, 2.24) is 5.32 Å². The molecular formula is C16H20FN3O2. The van der Waals surface area contributed by atoms with E-state index in [0.29, 0.717) is 24.2 Å². The highest BCUT2D eigenvalue weighted by Crippen LogP contribution is 2.26. The van der Waals surface area contributed by atoms with Crippen LogP contribution in [0.25, 0.3) is 0 Å². The maximum absolute atomic E-state index is 14.3. The average molecular weight is 305 g/mol. The maximum atomic E-state index is 14.3. The maximum Gasteiger partial charge on any atom is 0.249 e. The van der Waals surface area contributed by atoms with Crippen LogP contribution in [0.5, 0.6) is 0 Å². The lowest BCUT2D eigenvalue weighted by Gasteiger charge is -2.29. The number of halogens is 1. The van der Waals surface area contributed by atoms with Gasteiger partial charge in [0.05, 0.1) is 5.69 Å². The number of benzene rings is 1. The second-order valence-electron chi connectivity index (χ2n) is 5.86. The highest BCUT2D eigenvalue weighted by atomic mass is 19.1. The first kappa shape index (κ1) is 14.8. The molecule has 118 valence electrons. The molecule has 2 N–H and O–H groups in total. The zero-order valence-electron chi connectivity index (χ0n) is 12.4. The molecule has 2 fully saturated rings. The Bertz CT molecular complexity index is 585. The number of nitrogens with one attached hydrogen (secondary N) is 2. The summed E-state index contributed by atoms with van der Waals surface area (Å²) in [6.45, 7) is 1.77. The summed E-state index contributed by atoms with van der Waals surface area (Å²) in [4.78, 5) is 24.9. The molecule has 0 saturated carbocycles. The number of piperidine rings is 2. The van der Waals surface area contributed by atoms with Crippen LogP contribution in [0.2, 0.25) is 0 Å². The van der Waals surface area contributed by atoms with Gasteiger partial charge in [0.1, 0.15) is 11.9 Å². The summed E-state index contributed by atoms with van der Waals surface area (Å²) in [5.41, 5.74) is 1.18. The quantitative estimate of drug-likeness (QED) is 0.839. The predicted octanol–water partition coefficient (Wildman–Crippen LogP) is 2.03. The fourth-order valence-corrected chi connectivity index (χ4v) is 3.02. The predicted molar refractivity (Wildman–Crippen MR) is 82.3 cm³/mol. The van der Waals surface area contributed by atoms with Gasteiger partial charge in [0.2, 0.25) is 11.8 Å². The van der Waals surface area contributed by atoms with Crippen molar-refractivity contribution in [3.8, 4) is 0 Å². The van der Waals surface area contributed by atoms with Crippen LogP contribution in [0.15, 0.2) is 18.2 Å². The van der Waals surface area contributed by atoms with Gasteiger partial charge >= 0.3 is 0 Å². The third-order valence-electron chi connectivity index (χ3n) is 4.22. The van der Waals surface area contributed by atoms with Crippen LogP contribution in [-0.2, 0) is 9.59 Å². The molecule has 2 saturated heterocycles. The Morgan fingerprint density at radius 1 is 1.18 bits per heavy atom. The minimum Gasteiger partial charge on any atom is -0.374 e. The number of nitrogens with zero attached hydrogens (tertiary/aromatic N) is 1. The third-order valence-corrected chi connectivity index (χ3v) is 4.22. The molecule has 2 aliphatic rings. The van der Waals surface area contributed by atoms with Crippen molar-refractivity contribution in [2.24, 2.45) is 0 Å². The zero-order valence-corrected chi connectivity index (χ0v) is 12.4. The van der Waals surface area contributed by atoms with Crippen LogP contribution in [0.1, 0.15) is 32.1 Å². The van der Waals surface area contributed by atoms with Crippen molar-refractivity contribution in [2.45, 2.75) is 38.1 Å². The molecule has 5 nitrogen and oxygen atoms in total. The van der Waals surface area contributed by atoms with E-state index in [1.165, 1.54) is 12.5 Å². The molecule has 2 amide bonds. The van der Waals surface area contributed by atoms with E-state index in [0.717, 1.165) is 25.9 Å². The van der Waals surface area contributed by atoms with Crippen molar-refractivity contribution >= 4 is 23.2 Å². The highest BCUT2D eigenvalue weighted by Gasteiger charge is 2.26. The van der Waals surface area contributed by atoms with Crippen molar-refractivity contribution in [2.75, 3.05) is 23.3 Å². The smallest absolute Gasteiger partial charge is 0.249 e. The first-order valence-electron chi connectivity index (χ1n) is 7.78. The monoisotopic (exact) mass is 305 g/mol. The lowest BCUT2D eigenvalue weighted by molar-refractivity contribution is -0.133. The molecule has 0 radical (unpaired) electrons. The topological polar surface area (TPSA) is 61.4 Å². The molecule has 1 aromatic carbocycles. The lowest BCUT2D eigenvalue weighted by atomic mass is 10.1. The molecule has 3 rings (SSSR count). The van der Waals surface area contributed by atoms with E-state index < -0.39 is 6.04 Å². The van der Waals surface area contributed by atoms with Gasteiger partial charge in [-0.1, -0.05) is 0 Å². The summed E-state index contributed by atoms with van der Waals surface area (Å²) in [6, 6.07) is 4.48. The largest absolute Gasteiger partial charge is 0.374 e. The lowest BCUT2D eigenvalue weighted by Crippen LogP contribution is -2.47. The highest BCUT2D eigenvalue weighted by molar-refractivity contribution is 6.01. The average Bonchev–Trinajstić information content (AvgIpc) is 2.51. The number of carbonyl (C=O) groups excluding carboxylic acids is 2. The van der Waals surface area contributed by atoms with Crippen LogP contribution in [0.4, 0.5) is 15.8 Å². The molecule has 22 heavy (non-hydrogen) atoms. The second-order valence-corrected chi connectivity index (χ2v) is 5.86. The van der Waals surface area contributed by atoms with E-state index in [-0.39, 0.29) is 17.6 Å². The molecule has 0 spiro atoms. The van der Waals surface area contributed by atoms with Crippen molar-refractivity contribution in [3.05, 3.63) is 24.0 Å². The van der Waals surface area contributed by atoms with Crippen LogP contribution in [0.3, 0.4) is 0 Å². The Kier molecular flexibility index (Phi) is 4.27. The van der Waals surface area contributed by atoms with E-state index >= 15 is 0 Å². The van der Waals surface area contributed by atoms with Gasteiger partial charge < -0.3 is 10.2 Å². The standard InChI is InChI=1S/C16H20FN3O2/c17-12-10-11(18-13-5-7-15(21)19-16(13)22)4-6-14(12)20-8-2-1-3-9-20/h4,6,10,13,18H,1-3,5,7-9H2,(H,19,21,22). The van der Waals surface area contributed by atoms with Crippen molar-refractivity contribution in [1.29, 1.82) is 0 Å². The Balaban J connectivity index is 1.69. The van der Waals surface area contributed by atoms with Gasteiger partial charge in [0, 0.05) is 25.2 Å². The Hall–Kier alpha value is -2.11. The molecule has 0 aliphatic carbocycles. The van der Waals surface area contributed by atoms with Gasteiger partial charge in [0.15, 0.2) is 0 Å². The number of imide groups is 1. The molecule has 0 aromatic heterocycles. The Morgan fingerprint density at radius 2 is 1.95 bits per heavy atom. The molecule has 6 heteroatoms. The van der Waals surface area contributed by atoms with Crippen LogP contribution in [0, 0.1) is 5.82 Å². The van der Waals surface area contributed by atoms with Gasteiger partial charge in [-0.2, -0.15) is 0 Å². The minimum atomic E-state index is -0.488. The van der Waals surface area contributed by atoms with Crippen molar-refractivity contribution in [3.63, 3.8) is 0 Å². The summed E-state index contributed by atoms with van der Waals surface area (Å²) in [6.07, 6.45) is 4.12. The van der Waals surface area contributed by atoms with E-state index in [1.807, 2.05) is 0 Å². The van der Waals surface area contributed by atoms with Crippen LogP contribution >= 0.6 is 0 Å². The SMILES string of the molecule is O=C1CCC(Nc2ccc(N3CCCCC3)c(F)c2)C(=O)N1. The number of amides is 2.